The molecule has 0 saturated carbocycles. The molecule has 0 amide bonds. The minimum absolute atomic E-state index is 0.0816. The number of nitrogens with two attached hydrogens (primary N) is 1. The van der Waals surface area contributed by atoms with Crippen LogP contribution in [0.3, 0.4) is 0 Å². The number of nitrogen functional groups attached to an aromatic ring is 1. The molecule has 4 N–H and O–H groups in total. The maximum absolute atomic E-state index is 11.3. The van der Waals surface area contributed by atoms with Gasteiger partial charge in [-0.25, -0.2) is 9.78 Å². The van der Waals surface area contributed by atoms with Gasteiger partial charge < -0.3 is 15.8 Å². The molecule has 2 rings (SSSR count). The zero-order valence-electron chi connectivity index (χ0n) is 9.38. The van der Waals surface area contributed by atoms with Gasteiger partial charge in [0, 0.05) is 15.4 Å². The van der Waals surface area contributed by atoms with Crippen molar-refractivity contribution < 1.29 is 9.90 Å². The Hall–Kier alpha value is -1.80. The Morgan fingerprint density at radius 3 is 2.84 bits per heavy atom. The maximum atomic E-state index is 11.3. The minimum atomic E-state index is -1.07. The van der Waals surface area contributed by atoms with Crippen LogP contribution in [0.5, 0.6) is 0 Å². The number of aromatic carboxylic acids is 1. The summed E-state index contributed by atoms with van der Waals surface area (Å²) in [4.78, 5) is 29.4. The number of anilines is 1. The Morgan fingerprint density at radius 1 is 1.47 bits per heavy atom. The number of rotatable bonds is 3. The van der Waals surface area contributed by atoms with Crippen molar-refractivity contribution in [2.45, 2.75) is 10.1 Å². The summed E-state index contributed by atoms with van der Waals surface area (Å²) in [6, 6.07) is 6.11. The highest BCUT2D eigenvalue weighted by Crippen LogP contribution is 2.32. The first kappa shape index (κ1) is 13.6. The van der Waals surface area contributed by atoms with Crippen molar-refractivity contribution in [2.75, 3.05) is 5.73 Å². The molecule has 0 spiro atoms. The van der Waals surface area contributed by atoms with Crippen molar-refractivity contribution in [3.8, 4) is 0 Å². The summed E-state index contributed by atoms with van der Waals surface area (Å²) in [5.74, 6) is -0.987. The van der Waals surface area contributed by atoms with Gasteiger partial charge in [0.05, 0.1) is 5.56 Å². The maximum Gasteiger partial charge on any atom is 0.338 e. The quantitative estimate of drug-likeness (QED) is 0.736. The van der Waals surface area contributed by atoms with Gasteiger partial charge in [-0.3, -0.25) is 4.79 Å². The van der Waals surface area contributed by atoms with Gasteiger partial charge in [0.2, 0.25) is 0 Å². The van der Waals surface area contributed by atoms with Crippen molar-refractivity contribution in [3.05, 3.63) is 44.7 Å². The Labute approximate surface area is 120 Å². The van der Waals surface area contributed by atoms with Crippen LogP contribution in [-0.2, 0) is 0 Å². The van der Waals surface area contributed by atoms with E-state index in [9.17, 15) is 14.7 Å². The molecule has 2 aromatic rings. The fourth-order valence-corrected chi connectivity index (χ4v) is 3.03. The third kappa shape index (κ3) is 3.15. The minimum Gasteiger partial charge on any atom is -0.478 e. The van der Waals surface area contributed by atoms with E-state index in [0.717, 1.165) is 17.8 Å². The number of nitrogens with zero attached hydrogens (tertiary/aromatic N) is 1. The molecule has 8 heteroatoms. The van der Waals surface area contributed by atoms with Crippen LogP contribution in [0.25, 0.3) is 0 Å². The molecule has 98 valence electrons. The number of carboxylic acids is 1. The van der Waals surface area contributed by atoms with Crippen molar-refractivity contribution in [2.24, 2.45) is 0 Å². The Morgan fingerprint density at radius 2 is 2.21 bits per heavy atom. The molecule has 0 aliphatic heterocycles. The summed E-state index contributed by atoms with van der Waals surface area (Å²) in [7, 11) is 0. The van der Waals surface area contributed by atoms with Crippen molar-refractivity contribution in [1.29, 1.82) is 0 Å². The van der Waals surface area contributed by atoms with Gasteiger partial charge in [-0.2, -0.15) is 0 Å². The topological polar surface area (TPSA) is 109 Å². The molecule has 0 bridgehead atoms. The summed E-state index contributed by atoms with van der Waals surface area (Å²) < 4.78 is 0.455. The molecular formula is C11H8BrN3O3S. The molecule has 0 saturated heterocycles. The zero-order valence-corrected chi connectivity index (χ0v) is 11.8. The molecule has 6 nitrogen and oxygen atoms in total. The average molecular weight is 342 g/mol. The van der Waals surface area contributed by atoms with Crippen LogP contribution in [0.2, 0.25) is 0 Å². The first-order chi connectivity index (χ1) is 8.97. The monoisotopic (exact) mass is 341 g/mol. The van der Waals surface area contributed by atoms with E-state index in [4.69, 9.17) is 5.73 Å². The van der Waals surface area contributed by atoms with Crippen molar-refractivity contribution in [3.63, 3.8) is 0 Å². The molecule has 19 heavy (non-hydrogen) atoms. The van der Waals surface area contributed by atoms with Gasteiger partial charge in [0.1, 0.15) is 5.82 Å². The van der Waals surface area contributed by atoms with Gasteiger partial charge in [-0.05, 0) is 28.1 Å². The van der Waals surface area contributed by atoms with Gasteiger partial charge >= 0.3 is 5.97 Å². The van der Waals surface area contributed by atoms with Crippen LogP contribution in [0.1, 0.15) is 10.4 Å². The second-order valence-electron chi connectivity index (χ2n) is 3.50. The van der Waals surface area contributed by atoms with Crippen molar-refractivity contribution in [1.82, 2.24) is 9.97 Å². The van der Waals surface area contributed by atoms with E-state index >= 15 is 0 Å². The predicted molar refractivity (Wildman–Crippen MR) is 74.5 cm³/mol. The highest BCUT2D eigenvalue weighted by Gasteiger charge is 2.15. The van der Waals surface area contributed by atoms with E-state index in [1.807, 2.05) is 0 Å². The SMILES string of the molecule is Nc1cc(=O)[nH]c(Sc2cccc(Br)c2C(=O)O)n1. The third-order valence-corrected chi connectivity index (χ3v) is 3.74. The Balaban J connectivity index is 2.46. The van der Waals surface area contributed by atoms with Crippen LogP contribution in [0.15, 0.2) is 43.6 Å². The number of halogens is 1. The summed E-state index contributed by atoms with van der Waals surface area (Å²) in [5, 5.41) is 9.41. The smallest absolute Gasteiger partial charge is 0.338 e. The Bertz CT molecular complexity index is 702. The fraction of sp³-hybridized carbons (Fsp3) is 0. The average Bonchev–Trinajstić information content (AvgIpc) is 2.26. The molecule has 0 atom stereocenters. The number of carboxylic acid groups (broad SMARTS) is 1. The standard InChI is InChI=1S/C11H8BrN3O3S/c12-5-2-1-3-6(9(5)10(17)18)19-11-14-7(13)4-8(16)15-11/h1-4H,(H,17,18)(H3,13,14,15,16). The van der Waals surface area contributed by atoms with Crippen LogP contribution in [0.4, 0.5) is 5.82 Å². The van der Waals surface area contributed by atoms with E-state index in [0.29, 0.717) is 9.37 Å². The molecule has 0 unspecified atom stereocenters. The lowest BCUT2D eigenvalue weighted by Crippen LogP contribution is -2.09. The molecule has 0 aliphatic carbocycles. The lowest BCUT2D eigenvalue weighted by Gasteiger charge is -2.07. The molecule has 1 heterocycles. The van der Waals surface area contributed by atoms with E-state index < -0.39 is 5.97 Å². The summed E-state index contributed by atoms with van der Waals surface area (Å²) in [5.41, 5.74) is 5.19. The third-order valence-electron chi connectivity index (χ3n) is 2.14. The number of carbonyl (C=O) groups is 1. The van der Waals surface area contributed by atoms with Gasteiger partial charge in [0.15, 0.2) is 5.16 Å². The molecule has 0 aliphatic rings. The summed E-state index contributed by atoms with van der Waals surface area (Å²) in [6.45, 7) is 0. The molecule has 0 radical (unpaired) electrons. The first-order valence-electron chi connectivity index (χ1n) is 5.04. The lowest BCUT2D eigenvalue weighted by molar-refractivity contribution is 0.0692. The number of nitrogens with one attached hydrogen (secondary N) is 1. The number of aromatic nitrogens is 2. The number of hydrogen-bond acceptors (Lipinski definition) is 5. The highest BCUT2D eigenvalue weighted by atomic mass is 79.9. The Kier molecular flexibility index (Phi) is 3.91. The number of benzene rings is 1. The van der Waals surface area contributed by atoms with E-state index in [-0.39, 0.29) is 22.1 Å². The summed E-state index contributed by atoms with van der Waals surface area (Å²) >= 11 is 4.21. The first-order valence-corrected chi connectivity index (χ1v) is 6.65. The molecule has 1 aromatic carbocycles. The van der Waals surface area contributed by atoms with E-state index in [2.05, 4.69) is 25.9 Å². The largest absolute Gasteiger partial charge is 0.478 e. The van der Waals surface area contributed by atoms with Crippen LogP contribution < -0.4 is 11.3 Å². The zero-order chi connectivity index (χ0) is 14.0. The number of aromatic amines is 1. The van der Waals surface area contributed by atoms with Crippen LogP contribution in [-0.4, -0.2) is 21.0 Å². The highest BCUT2D eigenvalue weighted by molar-refractivity contribution is 9.10. The second kappa shape index (κ2) is 5.45. The predicted octanol–water partition coefficient (Wildman–Crippen LogP) is 1.96. The van der Waals surface area contributed by atoms with Crippen LogP contribution >= 0.6 is 27.7 Å². The fourth-order valence-electron chi connectivity index (χ4n) is 1.40. The van der Waals surface area contributed by atoms with E-state index in [1.165, 1.54) is 0 Å². The van der Waals surface area contributed by atoms with E-state index in [1.54, 1.807) is 18.2 Å². The van der Waals surface area contributed by atoms with Gasteiger partial charge in [-0.15, -0.1) is 0 Å². The number of hydrogen-bond donors (Lipinski definition) is 3. The van der Waals surface area contributed by atoms with Crippen LogP contribution in [0, 0.1) is 0 Å². The summed E-state index contributed by atoms with van der Waals surface area (Å²) in [6.07, 6.45) is 0. The lowest BCUT2D eigenvalue weighted by atomic mass is 10.2. The molecule has 0 fully saturated rings. The van der Waals surface area contributed by atoms with Gasteiger partial charge in [0.25, 0.3) is 5.56 Å². The number of H-pyrrole nitrogens is 1. The normalized spacial score (nSPS) is 10.4. The van der Waals surface area contributed by atoms with Gasteiger partial charge in [-0.1, -0.05) is 17.8 Å². The second-order valence-corrected chi connectivity index (χ2v) is 5.38. The molecule has 1 aromatic heterocycles. The molecular weight excluding hydrogens is 334 g/mol. The van der Waals surface area contributed by atoms with Crippen molar-refractivity contribution >= 4 is 39.5 Å².